The third kappa shape index (κ3) is 3.00. The number of nitro groups is 1. The molecule has 0 radical (unpaired) electrons. The molecule has 0 saturated carbocycles. The van der Waals surface area contributed by atoms with E-state index in [0.717, 1.165) is 10.9 Å². The average molecular weight is 379 g/mol. The van der Waals surface area contributed by atoms with Crippen LogP contribution >= 0.6 is 0 Å². The number of phenols is 1. The van der Waals surface area contributed by atoms with Gasteiger partial charge >= 0.3 is 5.69 Å². The molecule has 0 bridgehead atoms. The Balaban J connectivity index is 1.60. The number of aromatic amines is 1. The van der Waals surface area contributed by atoms with Crippen LogP contribution in [0.2, 0.25) is 0 Å². The van der Waals surface area contributed by atoms with Gasteiger partial charge in [-0.05, 0) is 12.1 Å². The van der Waals surface area contributed by atoms with Crippen LogP contribution < -0.4 is 10.2 Å². The van der Waals surface area contributed by atoms with E-state index >= 15 is 0 Å². The minimum Gasteiger partial charge on any atom is -0.500 e. The molecule has 28 heavy (non-hydrogen) atoms. The molecule has 140 valence electrons. The highest BCUT2D eigenvalue weighted by atomic mass is 16.6. The SMILES string of the molecule is COc1cc(/C=N/Nc2nnc3c(n2)[nH]c2ccccc23)cc([N+](=O)[O-])c1O. The minimum atomic E-state index is -0.709. The molecule has 0 amide bonds. The van der Waals surface area contributed by atoms with Crippen molar-refractivity contribution in [2.24, 2.45) is 5.10 Å². The van der Waals surface area contributed by atoms with Crippen LogP contribution in [0.15, 0.2) is 41.5 Å². The molecule has 2 aromatic heterocycles. The molecule has 0 saturated heterocycles. The maximum absolute atomic E-state index is 11.0. The first kappa shape index (κ1) is 17.1. The van der Waals surface area contributed by atoms with Crippen LogP contribution in [0.25, 0.3) is 22.1 Å². The number of phenolic OH excluding ortho intramolecular Hbond substituents is 1. The highest BCUT2D eigenvalue weighted by molar-refractivity contribution is 6.03. The summed E-state index contributed by atoms with van der Waals surface area (Å²) in [7, 11) is 1.30. The number of fused-ring (bicyclic) bond motifs is 3. The molecule has 11 nitrogen and oxygen atoms in total. The zero-order chi connectivity index (χ0) is 19.7. The van der Waals surface area contributed by atoms with Crippen molar-refractivity contribution in [3.8, 4) is 11.5 Å². The van der Waals surface area contributed by atoms with Gasteiger partial charge in [0.1, 0.15) is 5.52 Å². The van der Waals surface area contributed by atoms with Crippen molar-refractivity contribution in [1.82, 2.24) is 20.2 Å². The minimum absolute atomic E-state index is 0.0342. The number of H-pyrrole nitrogens is 1. The predicted molar refractivity (Wildman–Crippen MR) is 102 cm³/mol. The molecular formula is C17H13N7O4. The smallest absolute Gasteiger partial charge is 0.315 e. The molecule has 0 unspecified atom stereocenters. The van der Waals surface area contributed by atoms with Crippen LogP contribution in [-0.4, -0.2) is 43.5 Å². The van der Waals surface area contributed by atoms with Gasteiger partial charge in [0.15, 0.2) is 11.4 Å². The Kier molecular flexibility index (Phi) is 4.16. The third-order valence-corrected chi connectivity index (χ3v) is 3.99. The molecule has 0 fully saturated rings. The molecule has 0 aliphatic heterocycles. The van der Waals surface area contributed by atoms with Gasteiger partial charge in [-0.1, -0.05) is 18.2 Å². The molecule has 11 heteroatoms. The standard InChI is InChI=1S/C17H13N7O4/c1-28-13-7-9(6-12(15(13)25)24(26)27)8-18-22-17-20-16-14(21-23-17)10-4-2-3-5-11(10)19-16/h2-8,25H,1H3,(H2,19,20,22,23)/b18-8+. The molecule has 0 aliphatic carbocycles. The van der Waals surface area contributed by atoms with Gasteiger partial charge in [-0.3, -0.25) is 10.1 Å². The summed E-state index contributed by atoms with van der Waals surface area (Å²) >= 11 is 0. The number of hydrogen-bond donors (Lipinski definition) is 3. The number of nitrogens with one attached hydrogen (secondary N) is 2. The van der Waals surface area contributed by atoms with Crippen molar-refractivity contribution in [3.63, 3.8) is 0 Å². The largest absolute Gasteiger partial charge is 0.500 e. The van der Waals surface area contributed by atoms with Crippen molar-refractivity contribution in [3.05, 3.63) is 52.1 Å². The van der Waals surface area contributed by atoms with Gasteiger partial charge in [-0.15, -0.1) is 10.2 Å². The van der Waals surface area contributed by atoms with Crippen LogP contribution in [0.5, 0.6) is 11.5 Å². The second kappa shape index (κ2) is 6.79. The number of hydrogen-bond acceptors (Lipinski definition) is 9. The van der Waals surface area contributed by atoms with Crippen LogP contribution in [0.3, 0.4) is 0 Å². The van der Waals surface area contributed by atoms with E-state index in [2.05, 4.69) is 30.7 Å². The van der Waals surface area contributed by atoms with Gasteiger partial charge in [-0.25, -0.2) is 5.43 Å². The predicted octanol–water partition coefficient (Wildman–Crippen LogP) is 2.57. The molecule has 2 heterocycles. The lowest BCUT2D eigenvalue weighted by atomic mass is 10.2. The topological polar surface area (TPSA) is 151 Å². The molecular weight excluding hydrogens is 366 g/mol. The van der Waals surface area contributed by atoms with Gasteiger partial charge in [0.25, 0.3) is 5.95 Å². The summed E-state index contributed by atoms with van der Waals surface area (Å²) in [5, 5.41) is 33.8. The summed E-state index contributed by atoms with van der Waals surface area (Å²) in [4.78, 5) is 17.8. The fourth-order valence-electron chi connectivity index (χ4n) is 2.72. The van der Waals surface area contributed by atoms with Crippen molar-refractivity contribution in [2.45, 2.75) is 0 Å². The zero-order valence-electron chi connectivity index (χ0n) is 14.4. The van der Waals surface area contributed by atoms with Crippen LogP contribution in [0.4, 0.5) is 11.6 Å². The summed E-state index contributed by atoms with van der Waals surface area (Å²) in [6, 6.07) is 10.2. The number of nitro benzene ring substituents is 1. The lowest BCUT2D eigenvalue weighted by Crippen LogP contribution is -1.99. The fourth-order valence-corrected chi connectivity index (χ4v) is 2.72. The highest BCUT2D eigenvalue weighted by Gasteiger charge is 2.19. The number of anilines is 1. The van der Waals surface area contributed by atoms with Crippen LogP contribution in [0, 0.1) is 10.1 Å². The molecule has 2 aromatic carbocycles. The zero-order valence-corrected chi connectivity index (χ0v) is 14.4. The first-order chi connectivity index (χ1) is 13.6. The Morgan fingerprint density at radius 2 is 2.14 bits per heavy atom. The first-order valence-corrected chi connectivity index (χ1v) is 8.02. The number of ether oxygens (including phenoxy) is 1. The lowest BCUT2D eigenvalue weighted by molar-refractivity contribution is -0.386. The highest BCUT2D eigenvalue weighted by Crippen LogP contribution is 2.36. The van der Waals surface area contributed by atoms with E-state index in [-0.39, 0.29) is 11.7 Å². The maximum atomic E-state index is 11.0. The first-order valence-electron chi connectivity index (χ1n) is 8.02. The molecule has 4 rings (SSSR count). The second-order valence-electron chi connectivity index (χ2n) is 5.72. The van der Waals surface area contributed by atoms with E-state index in [1.54, 1.807) is 0 Å². The van der Waals surface area contributed by atoms with Gasteiger partial charge in [0.2, 0.25) is 5.75 Å². The second-order valence-corrected chi connectivity index (χ2v) is 5.72. The van der Waals surface area contributed by atoms with Crippen molar-refractivity contribution in [1.29, 1.82) is 0 Å². The number of benzene rings is 2. The monoisotopic (exact) mass is 379 g/mol. The number of hydrazone groups is 1. The Morgan fingerprint density at radius 1 is 1.32 bits per heavy atom. The Hall–Kier alpha value is -4.28. The van der Waals surface area contributed by atoms with E-state index in [0.29, 0.717) is 16.7 Å². The molecule has 0 aliphatic rings. The average Bonchev–Trinajstić information content (AvgIpc) is 3.06. The number of methoxy groups -OCH3 is 1. The van der Waals surface area contributed by atoms with Crippen LogP contribution in [-0.2, 0) is 0 Å². The van der Waals surface area contributed by atoms with E-state index in [9.17, 15) is 15.2 Å². The van der Waals surface area contributed by atoms with Gasteiger partial charge in [0, 0.05) is 22.5 Å². The maximum Gasteiger partial charge on any atom is 0.315 e. The van der Waals surface area contributed by atoms with E-state index in [1.165, 1.54) is 25.5 Å². The van der Waals surface area contributed by atoms with Crippen LogP contribution in [0.1, 0.15) is 5.56 Å². The summed E-state index contributed by atoms with van der Waals surface area (Å²) in [6.45, 7) is 0. The molecule has 3 N–H and O–H groups in total. The summed E-state index contributed by atoms with van der Waals surface area (Å²) < 4.78 is 4.94. The van der Waals surface area contributed by atoms with Gasteiger partial charge in [0.05, 0.1) is 18.2 Å². The van der Waals surface area contributed by atoms with Crippen molar-refractivity contribution < 1.29 is 14.8 Å². The lowest BCUT2D eigenvalue weighted by Gasteiger charge is -2.05. The van der Waals surface area contributed by atoms with E-state index in [4.69, 9.17) is 4.74 Å². The normalized spacial score (nSPS) is 11.3. The Bertz CT molecular complexity index is 1240. The summed E-state index contributed by atoms with van der Waals surface area (Å²) in [5.41, 5.74) is 4.56. The van der Waals surface area contributed by atoms with Gasteiger partial charge < -0.3 is 14.8 Å². The number of aromatic hydroxyl groups is 1. The number of nitrogens with zero attached hydrogens (tertiary/aromatic N) is 5. The van der Waals surface area contributed by atoms with Crippen molar-refractivity contribution in [2.75, 3.05) is 12.5 Å². The summed E-state index contributed by atoms with van der Waals surface area (Å²) in [5.74, 6) is -0.432. The Labute approximate surface area is 156 Å². The van der Waals surface area contributed by atoms with E-state index < -0.39 is 16.4 Å². The third-order valence-electron chi connectivity index (χ3n) is 3.99. The fraction of sp³-hybridized carbons (Fsp3) is 0.0588. The van der Waals surface area contributed by atoms with E-state index in [1.807, 2.05) is 24.3 Å². The number of para-hydroxylation sites is 1. The number of aromatic nitrogens is 4. The van der Waals surface area contributed by atoms with Gasteiger partial charge in [-0.2, -0.15) is 10.1 Å². The van der Waals surface area contributed by atoms with Crippen molar-refractivity contribution >= 4 is 39.9 Å². The molecule has 0 atom stereocenters. The summed E-state index contributed by atoms with van der Waals surface area (Å²) in [6.07, 6.45) is 1.31. The quantitative estimate of drug-likeness (QED) is 0.272. The number of rotatable bonds is 5. The molecule has 4 aromatic rings. The Morgan fingerprint density at radius 3 is 2.93 bits per heavy atom. The molecule has 0 spiro atoms.